The molecule has 0 saturated heterocycles. The summed E-state index contributed by atoms with van der Waals surface area (Å²) in [6, 6.07) is 11.6. The van der Waals surface area contributed by atoms with Gasteiger partial charge >= 0.3 is 0 Å². The summed E-state index contributed by atoms with van der Waals surface area (Å²) in [6.07, 6.45) is 3.41. The first-order valence-corrected chi connectivity index (χ1v) is 11.5. The molecule has 0 spiro atoms. The topological polar surface area (TPSA) is 56.1 Å². The Kier molecular flexibility index (Phi) is 6.08. The maximum absolute atomic E-state index is 13.2. The summed E-state index contributed by atoms with van der Waals surface area (Å²) in [4.78, 5) is 12.9. The number of benzene rings is 2. The Morgan fingerprint density at radius 3 is 2.48 bits per heavy atom. The maximum atomic E-state index is 13.2. The van der Waals surface area contributed by atoms with Gasteiger partial charge in [0.15, 0.2) is 5.78 Å². The molecule has 0 aliphatic carbocycles. The zero-order valence-corrected chi connectivity index (χ0v) is 17.9. The van der Waals surface area contributed by atoms with Crippen molar-refractivity contribution in [3.8, 4) is 0 Å². The third-order valence-electron chi connectivity index (χ3n) is 4.40. The summed E-state index contributed by atoms with van der Waals surface area (Å²) < 4.78 is 27.5. The Morgan fingerprint density at radius 2 is 1.81 bits per heavy atom. The van der Waals surface area contributed by atoms with E-state index in [1.165, 1.54) is 10.2 Å². The predicted molar refractivity (Wildman–Crippen MR) is 113 cm³/mol. The molecule has 0 N–H and O–H groups in total. The molecular weight excluding hydrogens is 450 g/mol. The number of nitrogens with zero attached hydrogens (tertiary/aromatic N) is 1. The summed E-state index contributed by atoms with van der Waals surface area (Å²) in [5.74, 6) is -0.0823. The van der Waals surface area contributed by atoms with Gasteiger partial charge in [-0.3, -0.25) is 4.79 Å². The van der Waals surface area contributed by atoms with Crippen LogP contribution in [-0.4, -0.2) is 23.5 Å². The van der Waals surface area contributed by atoms with Crippen LogP contribution in [0.25, 0.3) is 10.9 Å². The van der Waals surface area contributed by atoms with Gasteiger partial charge in [-0.25, -0.2) is 12.4 Å². The molecule has 0 saturated carbocycles. The fourth-order valence-electron chi connectivity index (χ4n) is 2.93. The highest BCUT2D eigenvalue weighted by Crippen LogP contribution is 2.29. The number of Topliss-reactive ketones (excluding diaryl/α,β-unsaturated/α-hetero) is 1. The first-order valence-electron chi connectivity index (χ1n) is 8.56. The molecule has 3 rings (SSSR count). The maximum Gasteiger partial charge on any atom is 0.268 e. The number of carbonyl (C=O) groups excluding carboxylic acids is 1. The first kappa shape index (κ1) is 20.1. The second-order valence-electron chi connectivity index (χ2n) is 6.39. The Morgan fingerprint density at radius 1 is 1.11 bits per heavy atom. The zero-order valence-electron chi connectivity index (χ0n) is 14.8. The van der Waals surface area contributed by atoms with Crippen LogP contribution in [0.1, 0.15) is 35.2 Å². The van der Waals surface area contributed by atoms with Crippen LogP contribution >= 0.6 is 27.5 Å². The van der Waals surface area contributed by atoms with Gasteiger partial charge in [0.2, 0.25) is 0 Å². The molecule has 7 heteroatoms. The fourth-order valence-corrected chi connectivity index (χ4v) is 4.87. The lowest BCUT2D eigenvalue weighted by Gasteiger charge is -2.08. The van der Waals surface area contributed by atoms with Gasteiger partial charge in [0.25, 0.3) is 10.0 Å². The van der Waals surface area contributed by atoms with Crippen molar-refractivity contribution in [3.05, 3.63) is 64.8 Å². The van der Waals surface area contributed by atoms with Crippen LogP contribution in [0, 0.1) is 6.92 Å². The molecule has 0 radical (unpaired) electrons. The van der Waals surface area contributed by atoms with E-state index < -0.39 is 10.0 Å². The smallest absolute Gasteiger partial charge is 0.268 e. The van der Waals surface area contributed by atoms with Crippen LogP contribution in [0.4, 0.5) is 0 Å². The average Bonchev–Trinajstić information content (AvgIpc) is 3.01. The number of alkyl halides is 1. The third-order valence-corrected chi connectivity index (χ3v) is 6.88. The largest absolute Gasteiger partial charge is 0.294 e. The number of hydrogen-bond donors (Lipinski definition) is 0. The molecule has 2 aromatic carbocycles. The van der Waals surface area contributed by atoms with E-state index in [-0.39, 0.29) is 10.7 Å². The Bertz CT molecular complexity index is 1090. The van der Waals surface area contributed by atoms with Crippen LogP contribution in [-0.2, 0) is 10.0 Å². The quantitative estimate of drug-likeness (QED) is 0.258. The molecule has 0 fully saturated rings. The van der Waals surface area contributed by atoms with E-state index >= 15 is 0 Å². The summed E-state index contributed by atoms with van der Waals surface area (Å²) >= 11 is 9.46. The first-order chi connectivity index (χ1) is 12.8. The number of halogens is 2. The summed E-state index contributed by atoms with van der Waals surface area (Å²) in [5, 5.41) is 1.85. The minimum absolute atomic E-state index is 0.0823. The van der Waals surface area contributed by atoms with E-state index in [4.69, 9.17) is 11.6 Å². The highest BCUT2D eigenvalue weighted by molar-refractivity contribution is 9.09. The van der Waals surface area contributed by atoms with Crippen molar-refractivity contribution in [1.82, 2.24) is 3.97 Å². The summed E-state index contributed by atoms with van der Waals surface area (Å²) in [5.41, 5.74) is 1.81. The molecule has 27 heavy (non-hydrogen) atoms. The van der Waals surface area contributed by atoms with Crippen LogP contribution < -0.4 is 0 Å². The van der Waals surface area contributed by atoms with Crippen LogP contribution in [0.2, 0.25) is 5.02 Å². The normalized spacial score (nSPS) is 11.8. The molecule has 142 valence electrons. The SMILES string of the molecule is Cc1ccc(S(=O)(=O)n2cc(C(=O)CCCCBr)c3cc(Cl)ccc32)cc1. The fraction of sp³-hybridized carbons (Fsp3) is 0.250. The molecule has 0 aliphatic rings. The minimum atomic E-state index is -3.82. The van der Waals surface area contributed by atoms with Crippen molar-refractivity contribution in [2.24, 2.45) is 0 Å². The molecule has 4 nitrogen and oxygen atoms in total. The van der Waals surface area contributed by atoms with Gasteiger partial charge in [0, 0.05) is 33.9 Å². The molecule has 1 heterocycles. The van der Waals surface area contributed by atoms with Crippen molar-refractivity contribution in [2.45, 2.75) is 31.1 Å². The van der Waals surface area contributed by atoms with Gasteiger partial charge in [-0.15, -0.1) is 0 Å². The van der Waals surface area contributed by atoms with Crippen molar-refractivity contribution < 1.29 is 13.2 Å². The number of aryl methyl sites for hydroxylation is 1. The van der Waals surface area contributed by atoms with E-state index in [9.17, 15) is 13.2 Å². The number of carbonyl (C=O) groups is 1. The summed E-state index contributed by atoms with van der Waals surface area (Å²) in [6.45, 7) is 1.90. The molecule has 1 aromatic heterocycles. The standard InChI is InChI=1S/C20H19BrClNO3S/c1-14-5-8-16(9-6-14)27(25,26)23-13-18(20(24)4-2-3-11-21)17-12-15(22)7-10-19(17)23/h5-10,12-13H,2-4,11H2,1H3. The van der Waals surface area contributed by atoms with Crippen molar-refractivity contribution in [3.63, 3.8) is 0 Å². The molecule has 0 amide bonds. The third kappa shape index (κ3) is 4.13. The van der Waals surface area contributed by atoms with E-state index in [0.717, 1.165) is 23.7 Å². The Labute approximate surface area is 172 Å². The second kappa shape index (κ2) is 8.17. The second-order valence-corrected chi connectivity index (χ2v) is 9.43. The lowest BCUT2D eigenvalue weighted by atomic mass is 10.1. The molecule has 3 aromatic rings. The zero-order chi connectivity index (χ0) is 19.6. The number of fused-ring (bicyclic) bond motifs is 1. The Hall–Kier alpha value is -1.63. The van der Waals surface area contributed by atoms with E-state index in [0.29, 0.717) is 27.9 Å². The van der Waals surface area contributed by atoms with Crippen LogP contribution in [0.15, 0.2) is 53.6 Å². The number of hydrogen-bond acceptors (Lipinski definition) is 3. The average molecular weight is 469 g/mol. The number of aromatic nitrogens is 1. The molecule has 0 aliphatic heterocycles. The van der Waals surface area contributed by atoms with E-state index in [1.807, 2.05) is 6.92 Å². The van der Waals surface area contributed by atoms with Gasteiger partial charge in [-0.1, -0.05) is 45.2 Å². The van der Waals surface area contributed by atoms with Crippen LogP contribution in [0.5, 0.6) is 0 Å². The van der Waals surface area contributed by atoms with E-state index in [2.05, 4.69) is 15.9 Å². The van der Waals surface area contributed by atoms with Gasteiger partial charge in [0.1, 0.15) is 0 Å². The van der Waals surface area contributed by atoms with E-state index in [1.54, 1.807) is 42.5 Å². The molecule has 0 unspecified atom stereocenters. The minimum Gasteiger partial charge on any atom is -0.294 e. The number of ketones is 1. The van der Waals surface area contributed by atoms with Crippen molar-refractivity contribution in [1.29, 1.82) is 0 Å². The molecule has 0 bridgehead atoms. The summed E-state index contributed by atoms with van der Waals surface area (Å²) in [7, 11) is -3.82. The van der Waals surface area contributed by atoms with Gasteiger partial charge in [-0.2, -0.15) is 0 Å². The highest BCUT2D eigenvalue weighted by atomic mass is 79.9. The van der Waals surface area contributed by atoms with Gasteiger partial charge < -0.3 is 0 Å². The molecule has 0 atom stereocenters. The monoisotopic (exact) mass is 467 g/mol. The van der Waals surface area contributed by atoms with Crippen LogP contribution in [0.3, 0.4) is 0 Å². The van der Waals surface area contributed by atoms with Crippen molar-refractivity contribution in [2.75, 3.05) is 5.33 Å². The number of unbranched alkanes of at least 4 members (excludes halogenated alkanes) is 1. The van der Waals surface area contributed by atoms with Crippen molar-refractivity contribution >= 4 is 54.2 Å². The number of rotatable bonds is 7. The lowest BCUT2D eigenvalue weighted by Crippen LogP contribution is -2.12. The predicted octanol–water partition coefficient (Wildman–Crippen LogP) is 5.59. The lowest BCUT2D eigenvalue weighted by molar-refractivity contribution is 0.0981. The van der Waals surface area contributed by atoms with Gasteiger partial charge in [0.05, 0.1) is 10.4 Å². The molecular formula is C20H19BrClNO3S. The highest BCUT2D eigenvalue weighted by Gasteiger charge is 2.23. The Balaban J connectivity index is 2.13. The van der Waals surface area contributed by atoms with Gasteiger partial charge in [-0.05, 0) is 50.1 Å².